The third-order valence-electron chi connectivity index (χ3n) is 2.56. The van der Waals surface area contributed by atoms with E-state index in [0.717, 1.165) is 26.1 Å². The molecular weight excluding hydrogens is 250 g/mol. The summed E-state index contributed by atoms with van der Waals surface area (Å²) in [5.74, 6) is 0.512. The Morgan fingerprint density at radius 2 is 2.11 bits per heavy atom. The molecule has 0 saturated carbocycles. The van der Waals surface area contributed by atoms with E-state index in [1.807, 2.05) is 11.9 Å². The van der Waals surface area contributed by atoms with Gasteiger partial charge in [0.05, 0.1) is 0 Å². The standard InChI is InChI=1S/C12H21N3O2S/c1-4-7-13-9-10-15(2)12-11(18(3,16)17)6-5-8-14-12/h5-6,8,13H,4,7,9-10H2,1-3H3. The monoisotopic (exact) mass is 271 g/mol. The zero-order valence-electron chi connectivity index (χ0n) is 11.2. The molecule has 1 rings (SSSR count). The van der Waals surface area contributed by atoms with E-state index in [2.05, 4.69) is 17.2 Å². The number of aromatic nitrogens is 1. The van der Waals surface area contributed by atoms with Gasteiger partial charge in [-0.15, -0.1) is 0 Å². The molecule has 0 aliphatic carbocycles. The van der Waals surface area contributed by atoms with Gasteiger partial charge in [0.2, 0.25) is 0 Å². The summed E-state index contributed by atoms with van der Waals surface area (Å²) >= 11 is 0. The number of hydrogen-bond acceptors (Lipinski definition) is 5. The van der Waals surface area contributed by atoms with Crippen molar-refractivity contribution in [2.75, 3.05) is 37.8 Å². The van der Waals surface area contributed by atoms with Crippen molar-refractivity contribution in [1.29, 1.82) is 0 Å². The van der Waals surface area contributed by atoms with E-state index in [9.17, 15) is 8.42 Å². The van der Waals surface area contributed by atoms with Crippen LogP contribution < -0.4 is 10.2 Å². The van der Waals surface area contributed by atoms with E-state index in [1.54, 1.807) is 18.3 Å². The van der Waals surface area contributed by atoms with Gasteiger partial charge in [-0.25, -0.2) is 13.4 Å². The number of pyridine rings is 1. The Morgan fingerprint density at radius 3 is 2.72 bits per heavy atom. The van der Waals surface area contributed by atoms with Crippen LogP contribution >= 0.6 is 0 Å². The molecule has 0 fully saturated rings. The molecule has 1 N–H and O–H groups in total. The molecule has 0 unspecified atom stereocenters. The first-order valence-electron chi connectivity index (χ1n) is 6.03. The van der Waals surface area contributed by atoms with Crippen LogP contribution in [0.1, 0.15) is 13.3 Å². The molecule has 5 nitrogen and oxygen atoms in total. The highest BCUT2D eigenvalue weighted by Gasteiger charge is 2.16. The van der Waals surface area contributed by atoms with Crippen LogP contribution in [0.5, 0.6) is 0 Å². The lowest BCUT2D eigenvalue weighted by Gasteiger charge is -2.20. The summed E-state index contributed by atoms with van der Waals surface area (Å²) in [5, 5.41) is 3.28. The summed E-state index contributed by atoms with van der Waals surface area (Å²) in [4.78, 5) is 6.30. The van der Waals surface area contributed by atoms with Crippen LogP contribution in [0.15, 0.2) is 23.2 Å². The number of hydrogen-bond donors (Lipinski definition) is 1. The highest BCUT2D eigenvalue weighted by Crippen LogP contribution is 2.20. The highest BCUT2D eigenvalue weighted by atomic mass is 32.2. The van der Waals surface area contributed by atoms with Crippen LogP contribution in [0.2, 0.25) is 0 Å². The maximum absolute atomic E-state index is 11.7. The smallest absolute Gasteiger partial charge is 0.179 e. The quantitative estimate of drug-likeness (QED) is 0.747. The predicted molar refractivity (Wildman–Crippen MR) is 73.8 cm³/mol. The first-order chi connectivity index (χ1) is 8.46. The molecule has 0 saturated heterocycles. The Balaban J connectivity index is 2.77. The molecule has 0 amide bonds. The van der Waals surface area contributed by atoms with Crippen molar-refractivity contribution in [3.05, 3.63) is 18.3 Å². The highest BCUT2D eigenvalue weighted by molar-refractivity contribution is 7.90. The molecule has 0 bridgehead atoms. The molecule has 1 aromatic rings. The lowest BCUT2D eigenvalue weighted by Crippen LogP contribution is -2.30. The fraction of sp³-hybridized carbons (Fsp3) is 0.583. The zero-order valence-corrected chi connectivity index (χ0v) is 12.0. The number of likely N-dealkylation sites (N-methyl/N-ethyl adjacent to an activating group) is 1. The largest absolute Gasteiger partial charge is 0.357 e. The molecule has 6 heteroatoms. The van der Waals surface area contributed by atoms with Gasteiger partial charge in [0, 0.05) is 32.6 Å². The van der Waals surface area contributed by atoms with E-state index in [-0.39, 0.29) is 4.90 Å². The van der Waals surface area contributed by atoms with E-state index < -0.39 is 9.84 Å². The summed E-state index contributed by atoms with van der Waals surface area (Å²) in [6.45, 7) is 4.61. The van der Waals surface area contributed by atoms with E-state index in [0.29, 0.717) is 5.82 Å². The molecular formula is C12H21N3O2S. The molecule has 1 heterocycles. The fourth-order valence-corrected chi connectivity index (χ4v) is 2.48. The van der Waals surface area contributed by atoms with Crippen LogP contribution in [0.3, 0.4) is 0 Å². The minimum absolute atomic E-state index is 0.281. The molecule has 0 aliphatic rings. The number of rotatable bonds is 7. The summed E-state index contributed by atoms with van der Waals surface area (Å²) in [7, 11) is -1.39. The summed E-state index contributed by atoms with van der Waals surface area (Å²) < 4.78 is 23.3. The van der Waals surface area contributed by atoms with Crippen molar-refractivity contribution in [1.82, 2.24) is 10.3 Å². The first kappa shape index (κ1) is 14.9. The van der Waals surface area contributed by atoms with E-state index >= 15 is 0 Å². The Labute approximate surface area is 109 Å². The minimum Gasteiger partial charge on any atom is -0.357 e. The Morgan fingerprint density at radius 1 is 1.39 bits per heavy atom. The molecule has 0 aromatic carbocycles. The van der Waals surface area contributed by atoms with Gasteiger partial charge >= 0.3 is 0 Å². The second-order valence-corrected chi connectivity index (χ2v) is 6.25. The van der Waals surface area contributed by atoms with Gasteiger partial charge in [-0.3, -0.25) is 0 Å². The predicted octanol–water partition coefficient (Wildman–Crippen LogP) is 0.921. The summed E-state index contributed by atoms with van der Waals surface area (Å²) in [5.41, 5.74) is 0. The van der Waals surface area contributed by atoms with E-state index in [4.69, 9.17) is 0 Å². The third-order valence-corrected chi connectivity index (χ3v) is 3.68. The van der Waals surface area contributed by atoms with Gasteiger partial charge < -0.3 is 10.2 Å². The maximum Gasteiger partial charge on any atom is 0.179 e. The molecule has 0 spiro atoms. The minimum atomic E-state index is -3.24. The number of sulfone groups is 1. The van der Waals surface area contributed by atoms with Crippen molar-refractivity contribution in [3.8, 4) is 0 Å². The Bertz CT molecular complexity index is 474. The van der Waals surface area contributed by atoms with Gasteiger partial charge in [-0.1, -0.05) is 6.92 Å². The van der Waals surface area contributed by atoms with Crippen LogP contribution in [-0.2, 0) is 9.84 Å². The topological polar surface area (TPSA) is 62.3 Å². The lowest BCUT2D eigenvalue weighted by atomic mass is 10.4. The maximum atomic E-state index is 11.7. The first-order valence-corrected chi connectivity index (χ1v) is 7.93. The van der Waals surface area contributed by atoms with Gasteiger partial charge in [0.15, 0.2) is 9.84 Å². The fourth-order valence-electron chi connectivity index (χ4n) is 1.61. The van der Waals surface area contributed by atoms with Crippen LogP contribution in [0.4, 0.5) is 5.82 Å². The molecule has 0 radical (unpaired) electrons. The average Bonchev–Trinajstić information content (AvgIpc) is 2.33. The summed E-state index contributed by atoms with van der Waals surface area (Å²) in [6.07, 6.45) is 3.90. The van der Waals surface area contributed by atoms with Crippen molar-refractivity contribution >= 4 is 15.7 Å². The van der Waals surface area contributed by atoms with Crippen LogP contribution in [0.25, 0.3) is 0 Å². The van der Waals surface area contributed by atoms with Gasteiger partial charge in [-0.05, 0) is 25.1 Å². The van der Waals surface area contributed by atoms with Gasteiger partial charge in [0.1, 0.15) is 10.7 Å². The number of anilines is 1. The van der Waals surface area contributed by atoms with Crippen molar-refractivity contribution < 1.29 is 8.42 Å². The number of nitrogens with one attached hydrogen (secondary N) is 1. The second kappa shape index (κ2) is 6.70. The molecule has 18 heavy (non-hydrogen) atoms. The van der Waals surface area contributed by atoms with Gasteiger partial charge in [-0.2, -0.15) is 0 Å². The van der Waals surface area contributed by atoms with Crippen LogP contribution in [-0.4, -0.2) is 46.3 Å². The molecule has 0 atom stereocenters. The third kappa shape index (κ3) is 4.27. The van der Waals surface area contributed by atoms with E-state index in [1.165, 1.54) is 6.26 Å². The van der Waals surface area contributed by atoms with Crippen molar-refractivity contribution in [2.24, 2.45) is 0 Å². The van der Waals surface area contributed by atoms with Crippen molar-refractivity contribution in [2.45, 2.75) is 18.2 Å². The summed E-state index contributed by atoms with van der Waals surface area (Å²) in [6, 6.07) is 3.23. The Hall–Kier alpha value is -1.14. The molecule has 0 aliphatic heterocycles. The van der Waals surface area contributed by atoms with Gasteiger partial charge in [0.25, 0.3) is 0 Å². The lowest BCUT2D eigenvalue weighted by molar-refractivity contribution is 0.600. The Kier molecular flexibility index (Phi) is 5.55. The average molecular weight is 271 g/mol. The van der Waals surface area contributed by atoms with Crippen LogP contribution in [0, 0.1) is 0 Å². The second-order valence-electron chi connectivity index (χ2n) is 4.27. The normalized spacial score (nSPS) is 11.5. The molecule has 1 aromatic heterocycles. The number of nitrogens with zero attached hydrogens (tertiary/aromatic N) is 2. The van der Waals surface area contributed by atoms with Crippen molar-refractivity contribution in [3.63, 3.8) is 0 Å². The molecule has 102 valence electrons. The zero-order chi connectivity index (χ0) is 13.6. The SMILES string of the molecule is CCCNCCN(C)c1ncccc1S(C)(=O)=O.